The van der Waals surface area contributed by atoms with Crippen molar-refractivity contribution in [2.45, 2.75) is 77.9 Å². The third-order valence-corrected chi connectivity index (χ3v) is 11.5. The Morgan fingerprint density at radius 3 is 1.46 bits per heavy atom. The van der Waals surface area contributed by atoms with E-state index >= 15 is 0 Å². The first kappa shape index (κ1) is 33.2. The molecule has 0 spiro atoms. The highest BCUT2D eigenvalue weighted by Gasteiger charge is 2.44. The van der Waals surface area contributed by atoms with Gasteiger partial charge in [0.15, 0.2) is 6.29 Å². The van der Waals surface area contributed by atoms with Crippen LogP contribution in [0.4, 0.5) is 0 Å². The summed E-state index contributed by atoms with van der Waals surface area (Å²) in [4.78, 5) is 0. The lowest BCUT2D eigenvalue weighted by molar-refractivity contribution is -0.146. The van der Waals surface area contributed by atoms with Crippen molar-refractivity contribution in [3.8, 4) is 0 Å². The maximum atomic E-state index is 5.86. The second kappa shape index (κ2) is 20.0. The van der Waals surface area contributed by atoms with Crippen molar-refractivity contribution in [1.82, 2.24) is 0 Å². The summed E-state index contributed by atoms with van der Waals surface area (Å²) in [7, 11) is -1.71. The standard InChI is InChI=1S/C35H48O2P.ClH/c1-3-29-36-35(37-30-4-2)28-20-9-7-5-6-8-10-21-31-38(32-22-14-11-15-23-32,33-24-16-12-17-25-33)34-26-18-13-19-27-34;/h6,8,11-19,22-27,35H,3-5,7,9-10,20-21,28-31H2,1-2H3;1H/q+1;/p-1/b8-6-;. The highest BCUT2D eigenvalue weighted by atomic mass is 35.5. The molecule has 0 saturated carbocycles. The summed E-state index contributed by atoms with van der Waals surface area (Å²) in [6.45, 7) is 5.88. The average Bonchev–Trinajstić information content (AvgIpc) is 2.98. The van der Waals surface area contributed by atoms with E-state index in [9.17, 15) is 0 Å². The minimum Gasteiger partial charge on any atom is -1.00 e. The zero-order valence-electron chi connectivity index (χ0n) is 24.0. The normalized spacial score (nSPS) is 11.7. The zero-order valence-corrected chi connectivity index (χ0v) is 25.7. The van der Waals surface area contributed by atoms with Crippen molar-refractivity contribution < 1.29 is 21.9 Å². The van der Waals surface area contributed by atoms with E-state index in [1.807, 2.05) is 0 Å². The van der Waals surface area contributed by atoms with E-state index in [0.717, 1.165) is 45.3 Å². The monoisotopic (exact) mass is 566 g/mol. The third kappa shape index (κ3) is 10.8. The minimum atomic E-state index is -1.71. The molecule has 0 aliphatic heterocycles. The van der Waals surface area contributed by atoms with Crippen molar-refractivity contribution in [1.29, 1.82) is 0 Å². The van der Waals surface area contributed by atoms with Crippen molar-refractivity contribution >= 4 is 23.2 Å². The van der Waals surface area contributed by atoms with Crippen LogP contribution in [-0.4, -0.2) is 25.7 Å². The maximum Gasteiger partial charge on any atom is 0.157 e. The third-order valence-electron chi connectivity index (χ3n) is 6.95. The van der Waals surface area contributed by atoms with E-state index in [1.54, 1.807) is 0 Å². The van der Waals surface area contributed by atoms with E-state index in [4.69, 9.17) is 9.47 Å². The van der Waals surface area contributed by atoms with Crippen LogP contribution in [0.2, 0.25) is 0 Å². The number of rotatable bonds is 19. The predicted molar refractivity (Wildman–Crippen MR) is 168 cm³/mol. The Morgan fingerprint density at radius 2 is 1.03 bits per heavy atom. The first-order valence-corrected chi connectivity index (χ1v) is 16.7. The lowest BCUT2D eigenvalue weighted by Crippen LogP contribution is -3.00. The van der Waals surface area contributed by atoms with Gasteiger partial charge in [-0.05, 0) is 87.8 Å². The molecule has 0 saturated heterocycles. The van der Waals surface area contributed by atoms with Gasteiger partial charge in [-0.15, -0.1) is 0 Å². The molecule has 0 fully saturated rings. The van der Waals surface area contributed by atoms with E-state index in [0.29, 0.717) is 0 Å². The summed E-state index contributed by atoms with van der Waals surface area (Å²) in [5, 5.41) is 4.43. The molecule has 0 unspecified atom stereocenters. The summed E-state index contributed by atoms with van der Waals surface area (Å²) in [5.74, 6) is 0. The van der Waals surface area contributed by atoms with Gasteiger partial charge in [-0.1, -0.05) is 87.0 Å². The maximum absolute atomic E-state index is 5.86. The molecule has 0 aliphatic rings. The fourth-order valence-corrected chi connectivity index (χ4v) is 9.40. The van der Waals surface area contributed by atoms with Crippen molar-refractivity contribution in [2.24, 2.45) is 0 Å². The Labute approximate surface area is 245 Å². The number of hydrogen-bond donors (Lipinski definition) is 0. The Balaban J connectivity index is 0.00000533. The van der Waals surface area contributed by atoms with Crippen LogP contribution in [0, 0.1) is 0 Å². The first-order chi connectivity index (χ1) is 18.8. The van der Waals surface area contributed by atoms with Gasteiger partial charge in [0.2, 0.25) is 0 Å². The number of ether oxygens (including phenoxy) is 2. The number of benzene rings is 3. The predicted octanol–water partition coefficient (Wildman–Crippen LogP) is 5.45. The molecular weight excluding hydrogens is 519 g/mol. The van der Waals surface area contributed by atoms with Crippen LogP contribution >= 0.6 is 7.26 Å². The van der Waals surface area contributed by atoms with E-state index in [1.165, 1.54) is 47.8 Å². The smallest absolute Gasteiger partial charge is 0.157 e. The topological polar surface area (TPSA) is 18.5 Å². The van der Waals surface area contributed by atoms with Crippen LogP contribution in [0.5, 0.6) is 0 Å². The molecule has 212 valence electrons. The molecule has 0 amide bonds. The minimum absolute atomic E-state index is 0. The molecule has 3 aromatic carbocycles. The van der Waals surface area contributed by atoms with Crippen molar-refractivity contribution in [3.05, 3.63) is 103 Å². The van der Waals surface area contributed by atoms with Gasteiger partial charge in [-0.3, -0.25) is 0 Å². The van der Waals surface area contributed by atoms with Gasteiger partial charge in [-0.25, -0.2) is 0 Å². The highest BCUT2D eigenvalue weighted by Crippen LogP contribution is 2.55. The van der Waals surface area contributed by atoms with Gasteiger partial charge in [0.1, 0.15) is 23.2 Å². The van der Waals surface area contributed by atoms with Gasteiger partial charge < -0.3 is 21.9 Å². The van der Waals surface area contributed by atoms with Crippen LogP contribution in [-0.2, 0) is 9.47 Å². The molecular formula is C35H48ClO2P. The molecule has 0 radical (unpaired) electrons. The van der Waals surface area contributed by atoms with Crippen LogP contribution in [0.25, 0.3) is 0 Å². The van der Waals surface area contributed by atoms with E-state index in [2.05, 4.69) is 117 Å². The molecule has 0 heterocycles. The summed E-state index contributed by atoms with van der Waals surface area (Å²) in [6, 6.07) is 33.6. The molecule has 39 heavy (non-hydrogen) atoms. The average molecular weight is 567 g/mol. The molecule has 3 rings (SSSR count). The summed E-state index contributed by atoms with van der Waals surface area (Å²) < 4.78 is 11.7. The number of unbranched alkanes of at least 4 members (excludes halogenated alkanes) is 4. The second-order valence-corrected chi connectivity index (χ2v) is 13.6. The van der Waals surface area contributed by atoms with Gasteiger partial charge in [0, 0.05) is 13.2 Å². The van der Waals surface area contributed by atoms with Gasteiger partial charge in [-0.2, -0.15) is 0 Å². The summed E-state index contributed by atoms with van der Waals surface area (Å²) >= 11 is 0. The quantitative estimate of drug-likeness (QED) is 0.0831. The molecule has 0 aliphatic carbocycles. The zero-order chi connectivity index (χ0) is 26.7. The molecule has 0 N–H and O–H groups in total. The number of hydrogen-bond acceptors (Lipinski definition) is 2. The largest absolute Gasteiger partial charge is 1.00 e. The highest BCUT2D eigenvalue weighted by molar-refractivity contribution is 7.95. The SMILES string of the molecule is CCCOC(CCCCC/C=C\CCC[P+](c1ccccc1)(c1ccccc1)c1ccccc1)OCCC.[Cl-]. The fourth-order valence-electron chi connectivity index (χ4n) is 5.03. The second-order valence-electron chi connectivity index (χ2n) is 9.96. The van der Waals surface area contributed by atoms with Crippen LogP contribution < -0.4 is 28.3 Å². The fraction of sp³-hybridized carbons (Fsp3) is 0.429. The Morgan fingerprint density at radius 1 is 0.590 bits per heavy atom. The van der Waals surface area contributed by atoms with Crippen molar-refractivity contribution in [2.75, 3.05) is 19.4 Å². The summed E-state index contributed by atoms with van der Waals surface area (Å²) in [6.07, 6.45) is 16.2. The summed E-state index contributed by atoms with van der Waals surface area (Å²) in [5.41, 5.74) is 0. The number of halogens is 1. The molecule has 0 aromatic heterocycles. The molecule has 0 bridgehead atoms. The van der Waals surface area contributed by atoms with E-state index < -0.39 is 7.26 Å². The van der Waals surface area contributed by atoms with Crippen molar-refractivity contribution in [3.63, 3.8) is 0 Å². The molecule has 4 heteroatoms. The molecule has 3 aromatic rings. The Hall–Kier alpha value is -1.96. The van der Waals surface area contributed by atoms with Gasteiger partial charge >= 0.3 is 0 Å². The Bertz CT molecular complexity index is 906. The van der Waals surface area contributed by atoms with Crippen LogP contribution in [0.1, 0.15) is 71.6 Å². The Kier molecular flexibility index (Phi) is 17.0. The lowest BCUT2D eigenvalue weighted by Gasteiger charge is -2.27. The first-order valence-electron chi connectivity index (χ1n) is 14.7. The van der Waals surface area contributed by atoms with Crippen LogP contribution in [0.15, 0.2) is 103 Å². The van der Waals surface area contributed by atoms with E-state index in [-0.39, 0.29) is 18.7 Å². The van der Waals surface area contributed by atoms with Gasteiger partial charge in [0.25, 0.3) is 0 Å². The van der Waals surface area contributed by atoms with Gasteiger partial charge in [0.05, 0.1) is 6.16 Å². The molecule has 0 atom stereocenters. The van der Waals surface area contributed by atoms with Crippen LogP contribution in [0.3, 0.4) is 0 Å². The lowest BCUT2D eigenvalue weighted by atomic mass is 10.1. The molecule has 2 nitrogen and oxygen atoms in total. The number of allylic oxidation sites excluding steroid dienone is 2.